The van der Waals surface area contributed by atoms with Crippen LogP contribution in [0.4, 0.5) is 5.69 Å². The minimum atomic E-state index is -0.577. The number of nitrogens with zero attached hydrogens (tertiary/aromatic N) is 3. The molecule has 182 valence electrons. The maximum absolute atomic E-state index is 12.8. The lowest BCUT2D eigenvalue weighted by Gasteiger charge is -2.26. The van der Waals surface area contributed by atoms with Gasteiger partial charge in [0.05, 0.1) is 23.0 Å². The first-order chi connectivity index (χ1) is 16.7. The summed E-state index contributed by atoms with van der Waals surface area (Å²) in [6, 6.07) is 21.7. The van der Waals surface area contributed by atoms with E-state index in [1.54, 1.807) is 6.07 Å². The van der Waals surface area contributed by atoms with Gasteiger partial charge in [-0.3, -0.25) is 4.79 Å². The second-order valence-electron chi connectivity index (χ2n) is 9.17. The Morgan fingerprint density at radius 1 is 1.03 bits per heavy atom. The number of esters is 1. The van der Waals surface area contributed by atoms with Gasteiger partial charge in [0.15, 0.2) is 0 Å². The van der Waals surface area contributed by atoms with E-state index in [1.165, 1.54) is 17.5 Å². The maximum Gasteiger partial charge on any atom is 0.327 e. The molecule has 4 rings (SSSR count). The van der Waals surface area contributed by atoms with Crippen LogP contribution in [0.5, 0.6) is 0 Å². The summed E-state index contributed by atoms with van der Waals surface area (Å²) < 4.78 is 9.63. The molecule has 0 unspecified atom stereocenters. The Bertz CT molecular complexity index is 1300. The predicted molar refractivity (Wildman–Crippen MR) is 145 cm³/mol. The highest BCUT2D eigenvalue weighted by Gasteiger charge is 2.21. The number of aryl methyl sites for hydroxylation is 2. The maximum atomic E-state index is 12.8. The first kappa shape index (κ1) is 25.4. The number of halogens is 2. The molecule has 0 radical (unpaired) electrons. The van der Waals surface area contributed by atoms with Gasteiger partial charge in [-0.15, -0.1) is 0 Å². The highest BCUT2D eigenvalue weighted by molar-refractivity contribution is 8.00. The Kier molecular flexibility index (Phi) is 7.95. The third-order valence-electron chi connectivity index (χ3n) is 5.12. The van der Waals surface area contributed by atoms with E-state index >= 15 is 0 Å². The number of anilines is 1. The normalized spacial score (nSPS) is 11.6. The van der Waals surface area contributed by atoms with Crippen molar-refractivity contribution in [3.8, 4) is 0 Å². The second-order valence-corrected chi connectivity index (χ2v) is 11.1. The fraction of sp³-hybridized carbons (Fsp3) is 0.259. The van der Waals surface area contributed by atoms with Crippen LogP contribution >= 0.6 is 35.1 Å². The monoisotopic (exact) mass is 527 g/mol. The lowest BCUT2D eigenvalue weighted by atomic mass is 10.1. The van der Waals surface area contributed by atoms with Gasteiger partial charge in [0.25, 0.3) is 0 Å². The zero-order valence-electron chi connectivity index (χ0n) is 19.9. The van der Waals surface area contributed by atoms with Gasteiger partial charge < -0.3 is 13.6 Å². The quantitative estimate of drug-likeness (QED) is 0.176. The van der Waals surface area contributed by atoms with E-state index in [0.717, 1.165) is 34.6 Å². The molecule has 0 bridgehead atoms. The van der Waals surface area contributed by atoms with Gasteiger partial charge >= 0.3 is 5.97 Å². The number of aromatic nitrogens is 2. The molecule has 35 heavy (non-hydrogen) atoms. The average Bonchev–Trinajstić information content (AvgIpc) is 3.18. The van der Waals surface area contributed by atoms with Gasteiger partial charge in [-0.2, -0.15) is 0 Å². The van der Waals surface area contributed by atoms with Gasteiger partial charge in [-0.25, -0.2) is 4.98 Å². The second kappa shape index (κ2) is 10.9. The molecule has 0 aliphatic carbocycles. The highest BCUT2D eigenvalue weighted by Crippen LogP contribution is 2.34. The van der Waals surface area contributed by atoms with Crippen molar-refractivity contribution in [3.63, 3.8) is 0 Å². The summed E-state index contributed by atoms with van der Waals surface area (Å²) in [4.78, 5) is 18.1. The van der Waals surface area contributed by atoms with Crippen LogP contribution in [0.3, 0.4) is 0 Å². The molecule has 0 saturated heterocycles. The first-order valence-electron chi connectivity index (χ1n) is 11.3. The van der Waals surface area contributed by atoms with Crippen molar-refractivity contribution in [1.82, 2.24) is 9.55 Å². The molecular formula is C27H27Cl2N3O2S. The predicted octanol–water partition coefficient (Wildman–Crippen LogP) is 7.44. The van der Waals surface area contributed by atoms with Crippen LogP contribution in [-0.2, 0) is 22.5 Å². The third kappa shape index (κ3) is 7.17. The number of hydrogen-bond acceptors (Lipinski definition) is 5. The topological polar surface area (TPSA) is 47.4 Å². The Morgan fingerprint density at radius 2 is 1.74 bits per heavy atom. The van der Waals surface area contributed by atoms with Crippen LogP contribution < -0.4 is 4.31 Å². The van der Waals surface area contributed by atoms with E-state index in [9.17, 15) is 4.79 Å². The molecule has 0 aliphatic rings. The van der Waals surface area contributed by atoms with Crippen LogP contribution in [0.25, 0.3) is 11.0 Å². The van der Waals surface area contributed by atoms with E-state index in [-0.39, 0.29) is 12.5 Å². The summed E-state index contributed by atoms with van der Waals surface area (Å²) in [5.41, 5.74) is 3.44. The van der Waals surface area contributed by atoms with Crippen LogP contribution in [0.1, 0.15) is 26.3 Å². The molecular weight excluding hydrogens is 501 g/mol. The molecule has 3 aromatic carbocycles. The van der Waals surface area contributed by atoms with Crippen molar-refractivity contribution in [3.05, 3.63) is 88.7 Å². The number of carbonyl (C=O) groups is 1. The summed E-state index contributed by atoms with van der Waals surface area (Å²) in [7, 11) is 0. The standard InChI is InChI=1S/C27H27Cl2N3O2S/c1-27(2,3)34-26(33)17-32(35-23-14-20(28)13-21(29)15-23)22-9-10-24-25(16-22)31(18-30-24)12-11-19-7-5-4-6-8-19/h4-10,13-16,18H,11-12,17H2,1-3H3. The minimum Gasteiger partial charge on any atom is -0.459 e. The molecule has 0 spiro atoms. The van der Waals surface area contributed by atoms with E-state index in [1.807, 2.05) is 73.9 Å². The van der Waals surface area contributed by atoms with E-state index in [2.05, 4.69) is 27.8 Å². The third-order valence-corrected chi connectivity index (χ3v) is 6.56. The van der Waals surface area contributed by atoms with E-state index in [4.69, 9.17) is 27.9 Å². The molecule has 1 aromatic heterocycles. The van der Waals surface area contributed by atoms with Crippen LogP contribution in [-0.4, -0.2) is 27.7 Å². The van der Waals surface area contributed by atoms with E-state index < -0.39 is 5.60 Å². The molecule has 8 heteroatoms. The van der Waals surface area contributed by atoms with Crippen molar-refractivity contribution in [2.45, 2.75) is 44.2 Å². The van der Waals surface area contributed by atoms with Crippen molar-refractivity contribution in [1.29, 1.82) is 0 Å². The summed E-state index contributed by atoms with van der Waals surface area (Å²) >= 11 is 13.8. The number of benzene rings is 3. The number of imidazole rings is 1. The largest absolute Gasteiger partial charge is 0.459 e. The molecule has 0 N–H and O–H groups in total. The average molecular weight is 529 g/mol. The Hall–Kier alpha value is -2.67. The molecule has 0 fully saturated rings. The zero-order chi connectivity index (χ0) is 25.0. The molecule has 0 atom stereocenters. The smallest absolute Gasteiger partial charge is 0.327 e. The van der Waals surface area contributed by atoms with Crippen molar-refractivity contribution in [2.75, 3.05) is 10.8 Å². The Morgan fingerprint density at radius 3 is 2.43 bits per heavy atom. The summed E-state index contributed by atoms with van der Waals surface area (Å²) in [5, 5.41) is 1.07. The lowest BCUT2D eigenvalue weighted by Crippen LogP contribution is -2.31. The number of ether oxygens (including phenoxy) is 1. The Balaban J connectivity index is 1.63. The lowest BCUT2D eigenvalue weighted by molar-refractivity contribution is -0.152. The van der Waals surface area contributed by atoms with Gasteiger partial charge in [0.1, 0.15) is 12.1 Å². The van der Waals surface area contributed by atoms with Gasteiger partial charge in [0.2, 0.25) is 0 Å². The van der Waals surface area contributed by atoms with Gasteiger partial charge in [-0.05, 0) is 81.1 Å². The molecule has 4 aromatic rings. The SMILES string of the molecule is CC(C)(C)OC(=O)CN(Sc1cc(Cl)cc(Cl)c1)c1ccc2ncn(CCc3ccccc3)c2c1. The van der Waals surface area contributed by atoms with Gasteiger partial charge in [0, 0.05) is 21.5 Å². The molecule has 5 nitrogen and oxygen atoms in total. The van der Waals surface area contributed by atoms with Crippen molar-refractivity contribution < 1.29 is 9.53 Å². The van der Waals surface area contributed by atoms with E-state index in [0.29, 0.717) is 10.0 Å². The summed E-state index contributed by atoms with van der Waals surface area (Å²) in [5.74, 6) is -0.323. The highest BCUT2D eigenvalue weighted by atomic mass is 35.5. The van der Waals surface area contributed by atoms with Crippen molar-refractivity contribution >= 4 is 57.8 Å². The number of fused-ring (bicyclic) bond motifs is 1. The summed E-state index contributed by atoms with van der Waals surface area (Å²) in [6.07, 6.45) is 2.76. The summed E-state index contributed by atoms with van der Waals surface area (Å²) in [6.45, 7) is 6.42. The molecule has 0 aliphatic heterocycles. The zero-order valence-corrected chi connectivity index (χ0v) is 22.2. The fourth-order valence-corrected chi connectivity index (χ4v) is 5.31. The van der Waals surface area contributed by atoms with Crippen LogP contribution in [0.15, 0.2) is 78.0 Å². The fourth-order valence-electron chi connectivity index (χ4n) is 3.65. The molecule has 0 amide bonds. The van der Waals surface area contributed by atoms with Crippen molar-refractivity contribution in [2.24, 2.45) is 0 Å². The minimum absolute atomic E-state index is 0.0513. The van der Waals surface area contributed by atoms with Crippen LogP contribution in [0, 0.1) is 0 Å². The first-order valence-corrected chi connectivity index (χ1v) is 12.8. The number of rotatable bonds is 8. The molecule has 1 heterocycles. The number of carbonyl (C=O) groups excluding carboxylic acids is 1. The number of hydrogen-bond donors (Lipinski definition) is 0. The Labute approximate surface area is 220 Å². The van der Waals surface area contributed by atoms with Gasteiger partial charge in [-0.1, -0.05) is 53.5 Å². The van der Waals surface area contributed by atoms with Crippen LogP contribution in [0.2, 0.25) is 10.0 Å². The molecule has 0 saturated carbocycles.